The summed E-state index contributed by atoms with van der Waals surface area (Å²) in [4.78, 5) is 15.3. The number of aromatic nitrogens is 1. The van der Waals surface area contributed by atoms with Crippen molar-refractivity contribution in [1.29, 1.82) is 0 Å². The van der Waals surface area contributed by atoms with Gasteiger partial charge < -0.3 is 4.74 Å². The van der Waals surface area contributed by atoms with Gasteiger partial charge in [0.2, 0.25) is 5.95 Å². The highest BCUT2D eigenvalue weighted by atomic mass is 19.1. The molecule has 0 saturated heterocycles. The summed E-state index contributed by atoms with van der Waals surface area (Å²) in [5.74, 6) is -2.62. The van der Waals surface area contributed by atoms with Crippen LogP contribution < -0.4 is 4.74 Å². The van der Waals surface area contributed by atoms with Crippen LogP contribution in [0, 0.1) is 17.8 Å². The van der Waals surface area contributed by atoms with Crippen molar-refractivity contribution in [2.45, 2.75) is 51.4 Å². The van der Waals surface area contributed by atoms with E-state index in [1.165, 1.54) is 11.1 Å². The molecule has 1 aliphatic rings. The first-order chi connectivity index (χ1) is 12.6. The lowest BCUT2D eigenvalue weighted by Crippen LogP contribution is -2.25. The first-order valence-corrected chi connectivity index (χ1v) is 9.19. The van der Waals surface area contributed by atoms with Crippen LogP contribution in [0.4, 0.5) is 8.78 Å². The first-order valence-electron chi connectivity index (χ1n) is 9.19. The summed E-state index contributed by atoms with van der Waals surface area (Å²) < 4.78 is 31.4. The van der Waals surface area contributed by atoms with Crippen molar-refractivity contribution in [2.75, 3.05) is 0 Å². The van der Waals surface area contributed by atoms with E-state index in [-0.39, 0.29) is 11.7 Å². The number of halogens is 2. The normalized spacial score (nSPS) is 20.0. The smallest absolute Gasteiger partial charge is 0.314 e. The molecule has 0 bridgehead atoms. The summed E-state index contributed by atoms with van der Waals surface area (Å²) in [5.41, 5.74) is 2.66. The molecule has 1 aromatic heterocycles. The zero-order valence-electron chi connectivity index (χ0n) is 14.9. The van der Waals surface area contributed by atoms with Crippen molar-refractivity contribution in [2.24, 2.45) is 5.92 Å². The van der Waals surface area contributed by atoms with E-state index in [0.29, 0.717) is 18.8 Å². The average Bonchev–Trinajstić information content (AvgIpc) is 2.65. The number of rotatable bonds is 5. The second-order valence-electron chi connectivity index (χ2n) is 6.88. The number of ether oxygens (including phenoxy) is 1. The number of aryl methyl sites for hydroxylation is 1. The standard InChI is InChI=1S/C21H23F2NO2/c1-2-3-14-4-6-15(7-5-14)16-8-10-17(11-9-16)21(25)26-18-12-13-19(22)24-20(18)23/h4-7,12-13,16-17H,2-3,8-11H2,1H3. The molecule has 0 radical (unpaired) electrons. The molecule has 2 aromatic rings. The van der Waals surface area contributed by atoms with Gasteiger partial charge in [-0.1, -0.05) is 37.6 Å². The Labute approximate surface area is 152 Å². The van der Waals surface area contributed by atoms with Crippen molar-refractivity contribution < 1.29 is 18.3 Å². The van der Waals surface area contributed by atoms with Crippen LogP contribution in [-0.2, 0) is 11.2 Å². The highest BCUT2D eigenvalue weighted by Gasteiger charge is 2.29. The average molecular weight is 359 g/mol. The fourth-order valence-electron chi connectivity index (χ4n) is 3.57. The molecule has 0 unspecified atom stereocenters. The van der Waals surface area contributed by atoms with Gasteiger partial charge in [0.1, 0.15) is 0 Å². The molecule has 0 atom stereocenters. The number of nitrogens with zero attached hydrogens (tertiary/aromatic N) is 1. The zero-order valence-corrected chi connectivity index (χ0v) is 14.9. The number of hydrogen-bond acceptors (Lipinski definition) is 3. The molecular weight excluding hydrogens is 336 g/mol. The molecule has 1 saturated carbocycles. The maximum Gasteiger partial charge on any atom is 0.314 e. The number of carbonyl (C=O) groups is 1. The van der Waals surface area contributed by atoms with Crippen LogP contribution in [0.2, 0.25) is 0 Å². The third-order valence-electron chi connectivity index (χ3n) is 5.04. The van der Waals surface area contributed by atoms with Crippen LogP contribution in [0.1, 0.15) is 56.1 Å². The Balaban J connectivity index is 1.55. The predicted molar refractivity (Wildman–Crippen MR) is 94.9 cm³/mol. The van der Waals surface area contributed by atoms with E-state index >= 15 is 0 Å². The molecule has 1 aliphatic carbocycles. The Morgan fingerprint density at radius 1 is 1.08 bits per heavy atom. The topological polar surface area (TPSA) is 39.2 Å². The van der Waals surface area contributed by atoms with E-state index in [2.05, 4.69) is 36.2 Å². The van der Waals surface area contributed by atoms with Crippen molar-refractivity contribution in [3.8, 4) is 5.75 Å². The van der Waals surface area contributed by atoms with Gasteiger partial charge in [-0.15, -0.1) is 0 Å². The highest BCUT2D eigenvalue weighted by Crippen LogP contribution is 2.36. The molecular formula is C21H23F2NO2. The van der Waals surface area contributed by atoms with E-state index < -0.39 is 17.9 Å². The Bertz CT molecular complexity index is 753. The summed E-state index contributed by atoms with van der Waals surface area (Å²) in [7, 11) is 0. The molecule has 0 N–H and O–H groups in total. The maximum absolute atomic E-state index is 13.5. The van der Waals surface area contributed by atoms with Crippen LogP contribution in [0.5, 0.6) is 5.75 Å². The summed E-state index contributed by atoms with van der Waals surface area (Å²) in [6.45, 7) is 2.17. The van der Waals surface area contributed by atoms with Gasteiger partial charge >= 0.3 is 5.97 Å². The molecule has 1 aromatic carbocycles. The van der Waals surface area contributed by atoms with Crippen LogP contribution >= 0.6 is 0 Å². The fourth-order valence-corrected chi connectivity index (χ4v) is 3.57. The van der Waals surface area contributed by atoms with Crippen LogP contribution in [0.3, 0.4) is 0 Å². The minimum absolute atomic E-state index is 0.255. The molecule has 1 heterocycles. The lowest BCUT2D eigenvalue weighted by atomic mass is 9.78. The van der Waals surface area contributed by atoms with Gasteiger partial charge in [-0.25, -0.2) is 0 Å². The number of hydrogen-bond donors (Lipinski definition) is 0. The Morgan fingerprint density at radius 2 is 1.77 bits per heavy atom. The van der Waals surface area contributed by atoms with Gasteiger partial charge in [0, 0.05) is 0 Å². The Kier molecular flexibility index (Phi) is 5.96. The quantitative estimate of drug-likeness (QED) is 0.545. The molecule has 0 aliphatic heterocycles. The third-order valence-corrected chi connectivity index (χ3v) is 5.04. The van der Waals surface area contributed by atoms with Crippen molar-refractivity contribution >= 4 is 5.97 Å². The lowest BCUT2D eigenvalue weighted by molar-refractivity contribution is -0.140. The van der Waals surface area contributed by atoms with Crippen LogP contribution in [-0.4, -0.2) is 11.0 Å². The Hall–Kier alpha value is -2.30. The molecule has 0 amide bonds. The second kappa shape index (κ2) is 8.39. The minimum Gasteiger partial charge on any atom is -0.421 e. The molecule has 0 spiro atoms. The molecule has 138 valence electrons. The molecule has 5 heteroatoms. The number of pyridine rings is 1. The predicted octanol–water partition coefficient (Wildman–Crippen LogP) is 5.19. The van der Waals surface area contributed by atoms with Crippen LogP contribution in [0.15, 0.2) is 36.4 Å². The van der Waals surface area contributed by atoms with Gasteiger partial charge in [-0.05, 0) is 61.3 Å². The minimum atomic E-state index is -1.10. The monoisotopic (exact) mass is 359 g/mol. The van der Waals surface area contributed by atoms with Gasteiger partial charge in [-0.2, -0.15) is 13.8 Å². The third kappa shape index (κ3) is 4.45. The van der Waals surface area contributed by atoms with Gasteiger partial charge in [-0.3, -0.25) is 4.79 Å². The highest BCUT2D eigenvalue weighted by molar-refractivity contribution is 5.75. The van der Waals surface area contributed by atoms with Crippen LogP contribution in [0.25, 0.3) is 0 Å². The van der Waals surface area contributed by atoms with Gasteiger partial charge in [0.25, 0.3) is 5.95 Å². The van der Waals surface area contributed by atoms with E-state index in [4.69, 9.17) is 4.74 Å². The summed E-state index contributed by atoms with van der Waals surface area (Å²) in [6.07, 6.45) is 5.44. The largest absolute Gasteiger partial charge is 0.421 e. The number of esters is 1. The van der Waals surface area contributed by atoms with E-state index in [0.717, 1.165) is 37.8 Å². The van der Waals surface area contributed by atoms with Crippen molar-refractivity contribution in [1.82, 2.24) is 4.98 Å². The first kappa shape index (κ1) is 18.5. The molecule has 1 fully saturated rings. The second-order valence-corrected chi connectivity index (χ2v) is 6.88. The summed E-state index contributed by atoms with van der Waals surface area (Å²) in [5, 5.41) is 0. The van der Waals surface area contributed by atoms with E-state index in [9.17, 15) is 13.6 Å². The SMILES string of the molecule is CCCc1ccc(C2CCC(C(=O)Oc3ccc(F)nc3F)CC2)cc1. The molecule has 3 nitrogen and oxygen atoms in total. The molecule has 3 rings (SSSR count). The summed E-state index contributed by atoms with van der Waals surface area (Å²) in [6, 6.07) is 10.8. The fraction of sp³-hybridized carbons (Fsp3) is 0.429. The van der Waals surface area contributed by atoms with Gasteiger partial charge in [0.05, 0.1) is 5.92 Å². The number of carbonyl (C=O) groups excluding carboxylic acids is 1. The molecule has 26 heavy (non-hydrogen) atoms. The van der Waals surface area contributed by atoms with Gasteiger partial charge in [0.15, 0.2) is 5.75 Å². The zero-order chi connectivity index (χ0) is 18.5. The van der Waals surface area contributed by atoms with Crippen molar-refractivity contribution in [3.63, 3.8) is 0 Å². The Morgan fingerprint density at radius 3 is 2.38 bits per heavy atom. The maximum atomic E-state index is 13.5. The lowest BCUT2D eigenvalue weighted by Gasteiger charge is -2.27. The number of benzene rings is 1. The van der Waals surface area contributed by atoms with E-state index in [1.54, 1.807) is 0 Å². The van der Waals surface area contributed by atoms with Crippen molar-refractivity contribution in [3.05, 3.63) is 59.4 Å². The summed E-state index contributed by atoms with van der Waals surface area (Å²) >= 11 is 0. The van der Waals surface area contributed by atoms with E-state index in [1.807, 2.05) is 0 Å².